The molecule has 0 aromatic rings. The molecule has 0 atom stereocenters. The molecule has 1 nitrogen and oxygen atoms in total. The third-order valence-electron chi connectivity index (χ3n) is 1.77. The molecule has 1 heteroatoms. The van der Waals surface area contributed by atoms with Crippen LogP contribution < -0.4 is 0 Å². The van der Waals surface area contributed by atoms with Crippen LogP contribution >= 0.6 is 0 Å². The molecule has 0 N–H and O–H groups in total. The summed E-state index contributed by atoms with van der Waals surface area (Å²) in [5.41, 5.74) is 0. The highest BCUT2D eigenvalue weighted by Gasteiger charge is 1.96. The van der Waals surface area contributed by atoms with Crippen molar-refractivity contribution < 1.29 is 4.79 Å². The monoisotopic (exact) mass is 150 g/mol. The van der Waals surface area contributed by atoms with Crippen LogP contribution in [0.15, 0.2) is 24.3 Å². The van der Waals surface area contributed by atoms with Gasteiger partial charge in [-0.25, -0.2) is 0 Å². The van der Waals surface area contributed by atoms with Crippen molar-refractivity contribution in [3.8, 4) is 0 Å². The number of rotatable bonds is 0. The van der Waals surface area contributed by atoms with Crippen molar-refractivity contribution >= 4 is 5.78 Å². The van der Waals surface area contributed by atoms with Crippen LogP contribution in [0.1, 0.15) is 32.1 Å². The molecule has 11 heavy (non-hydrogen) atoms. The predicted octanol–water partition coefficient (Wildman–Crippen LogP) is 2.63. The van der Waals surface area contributed by atoms with E-state index >= 15 is 0 Å². The Kier molecular flexibility index (Phi) is 3.67. The Hall–Kier alpha value is -0.850. The summed E-state index contributed by atoms with van der Waals surface area (Å²) < 4.78 is 0. The molecule has 0 saturated heterocycles. The SMILES string of the molecule is O=C1CC=CCCC=CCC1. The summed E-state index contributed by atoms with van der Waals surface area (Å²) in [4.78, 5) is 11.0. The highest BCUT2D eigenvalue weighted by atomic mass is 16.1. The molecule has 60 valence electrons. The molecule has 0 heterocycles. The van der Waals surface area contributed by atoms with E-state index in [-0.39, 0.29) is 0 Å². The van der Waals surface area contributed by atoms with Gasteiger partial charge in [0.25, 0.3) is 0 Å². The van der Waals surface area contributed by atoms with E-state index in [0.717, 1.165) is 19.3 Å². The molecule has 0 aromatic carbocycles. The van der Waals surface area contributed by atoms with Crippen molar-refractivity contribution in [2.24, 2.45) is 0 Å². The Balaban J connectivity index is 2.40. The number of carbonyl (C=O) groups is 1. The summed E-state index contributed by atoms with van der Waals surface area (Å²) in [5.74, 6) is 0.354. The first kappa shape index (κ1) is 8.25. The van der Waals surface area contributed by atoms with E-state index < -0.39 is 0 Å². The summed E-state index contributed by atoms with van der Waals surface area (Å²) in [7, 11) is 0. The first-order chi connectivity index (χ1) is 5.39. The Morgan fingerprint density at radius 3 is 2.36 bits per heavy atom. The van der Waals surface area contributed by atoms with E-state index in [9.17, 15) is 4.79 Å². The first-order valence-corrected chi connectivity index (χ1v) is 4.21. The van der Waals surface area contributed by atoms with Gasteiger partial charge in [-0.05, 0) is 19.3 Å². The molecule has 1 aliphatic rings. The number of carbonyl (C=O) groups excluding carboxylic acids is 1. The molecule has 0 bridgehead atoms. The summed E-state index contributed by atoms with van der Waals surface area (Å²) >= 11 is 0. The second kappa shape index (κ2) is 4.89. The predicted molar refractivity (Wildman–Crippen MR) is 46.4 cm³/mol. The Labute approximate surface area is 67.8 Å². The lowest BCUT2D eigenvalue weighted by Gasteiger charge is -1.95. The van der Waals surface area contributed by atoms with Gasteiger partial charge in [-0.1, -0.05) is 24.3 Å². The van der Waals surface area contributed by atoms with Crippen molar-refractivity contribution in [2.75, 3.05) is 0 Å². The molecule has 0 aromatic heterocycles. The minimum Gasteiger partial charge on any atom is -0.299 e. The van der Waals surface area contributed by atoms with Crippen LogP contribution in [0.2, 0.25) is 0 Å². The second-order valence-electron chi connectivity index (χ2n) is 2.80. The molecule has 0 fully saturated rings. The van der Waals surface area contributed by atoms with Gasteiger partial charge in [0.2, 0.25) is 0 Å². The van der Waals surface area contributed by atoms with Gasteiger partial charge in [0.15, 0.2) is 0 Å². The zero-order valence-electron chi connectivity index (χ0n) is 6.75. The Morgan fingerprint density at radius 2 is 1.55 bits per heavy atom. The zero-order chi connectivity index (χ0) is 7.94. The Morgan fingerprint density at radius 1 is 0.909 bits per heavy atom. The third kappa shape index (κ3) is 3.76. The maximum atomic E-state index is 11.0. The quantitative estimate of drug-likeness (QED) is 0.485. The molecule has 0 aliphatic heterocycles. The minimum absolute atomic E-state index is 0.354. The zero-order valence-corrected chi connectivity index (χ0v) is 6.75. The fourth-order valence-electron chi connectivity index (χ4n) is 1.11. The molecule has 0 amide bonds. The number of hydrogen-bond donors (Lipinski definition) is 0. The van der Waals surface area contributed by atoms with E-state index in [1.54, 1.807) is 0 Å². The van der Waals surface area contributed by atoms with Crippen LogP contribution in [-0.2, 0) is 4.79 Å². The summed E-state index contributed by atoms with van der Waals surface area (Å²) in [6.07, 6.45) is 12.8. The number of hydrogen-bond acceptors (Lipinski definition) is 1. The summed E-state index contributed by atoms with van der Waals surface area (Å²) in [6, 6.07) is 0. The van der Waals surface area contributed by atoms with Crippen molar-refractivity contribution in [2.45, 2.75) is 32.1 Å². The molecular weight excluding hydrogens is 136 g/mol. The molecule has 0 radical (unpaired) electrons. The van der Waals surface area contributed by atoms with E-state index in [4.69, 9.17) is 0 Å². The third-order valence-corrected chi connectivity index (χ3v) is 1.77. The normalized spacial score (nSPS) is 20.2. The molecule has 1 aliphatic carbocycles. The number of ketones is 1. The highest BCUT2D eigenvalue weighted by Crippen LogP contribution is 2.03. The van der Waals surface area contributed by atoms with E-state index in [1.165, 1.54) is 0 Å². The van der Waals surface area contributed by atoms with E-state index in [0.29, 0.717) is 18.6 Å². The van der Waals surface area contributed by atoms with Crippen molar-refractivity contribution in [1.29, 1.82) is 0 Å². The standard InChI is InChI=1S/C10H14O/c11-10-8-6-4-2-1-3-5-7-9-10/h2,4-5,7H,1,3,6,8-9H2. The van der Waals surface area contributed by atoms with E-state index in [2.05, 4.69) is 18.2 Å². The average Bonchev–Trinajstić information content (AvgIpc) is 2.03. The van der Waals surface area contributed by atoms with Crippen molar-refractivity contribution in [3.63, 3.8) is 0 Å². The van der Waals surface area contributed by atoms with Gasteiger partial charge in [-0.3, -0.25) is 4.79 Å². The minimum atomic E-state index is 0.354. The second-order valence-corrected chi connectivity index (χ2v) is 2.80. The fourth-order valence-corrected chi connectivity index (χ4v) is 1.11. The van der Waals surface area contributed by atoms with Crippen LogP contribution in [0.3, 0.4) is 0 Å². The lowest BCUT2D eigenvalue weighted by Crippen LogP contribution is -1.94. The van der Waals surface area contributed by atoms with Crippen LogP contribution in [-0.4, -0.2) is 5.78 Å². The van der Waals surface area contributed by atoms with Gasteiger partial charge in [-0.15, -0.1) is 0 Å². The highest BCUT2D eigenvalue weighted by molar-refractivity contribution is 5.79. The molecular formula is C10H14O. The van der Waals surface area contributed by atoms with E-state index in [1.807, 2.05) is 6.08 Å². The van der Waals surface area contributed by atoms with Crippen LogP contribution in [0.5, 0.6) is 0 Å². The van der Waals surface area contributed by atoms with Gasteiger partial charge in [0, 0.05) is 12.8 Å². The largest absolute Gasteiger partial charge is 0.299 e. The topological polar surface area (TPSA) is 17.1 Å². The smallest absolute Gasteiger partial charge is 0.136 e. The van der Waals surface area contributed by atoms with Gasteiger partial charge >= 0.3 is 0 Å². The van der Waals surface area contributed by atoms with Crippen LogP contribution in [0.25, 0.3) is 0 Å². The molecule has 0 saturated carbocycles. The number of Topliss-reactive ketones (excluding diaryl/α,β-unsaturated/α-hetero) is 1. The Bertz CT molecular complexity index is 177. The van der Waals surface area contributed by atoms with Crippen molar-refractivity contribution in [1.82, 2.24) is 0 Å². The van der Waals surface area contributed by atoms with Gasteiger partial charge in [-0.2, -0.15) is 0 Å². The fraction of sp³-hybridized carbons (Fsp3) is 0.500. The summed E-state index contributed by atoms with van der Waals surface area (Å²) in [6.45, 7) is 0. The molecule has 0 spiro atoms. The first-order valence-electron chi connectivity index (χ1n) is 4.21. The van der Waals surface area contributed by atoms with Gasteiger partial charge in [0.05, 0.1) is 0 Å². The molecule has 1 rings (SSSR count). The maximum absolute atomic E-state index is 11.0. The van der Waals surface area contributed by atoms with Gasteiger partial charge in [0.1, 0.15) is 5.78 Å². The number of allylic oxidation sites excluding steroid dienone is 4. The van der Waals surface area contributed by atoms with Gasteiger partial charge < -0.3 is 0 Å². The maximum Gasteiger partial charge on any atom is 0.136 e. The lowest BCUT2D eigenvalue weighted by molar-refractivity contribution is -0.118. The van der Waals surface area contributed by atoms with Crippen LogP contribution in [0.4, 0.5) is 0 Å². The lowest BCUT2D eigenvalue weighted by atomic mass is 10.1. The molecule has 0 unspecified atom stereocenters. The average molecular weight is 150 g/mol. The van der Waals surface area contributed by atoms with Crippen molar-refractivity contribution in [3.05, 3.63) is 24.3 Å². The summed E-state index contributed by atoms with van der Waals surface area (Å²) in [5, 5.41) is 0. The van der Waals surface area contributed by atoms with Crippen LogP contribution in [0, 0.1) is 0 Å².